The Balaban J connectivity index is 1.99. The van der Waals surface area contributed by atoms with Gasteiger partial charge in [0.1, 0.15) is 0 Å². The van der Waals surface area contributed by atoms with Crippen LogP contribution in [-0.2, 0) is 0 Å². The third kappa shape index (κ3) is 1.87. The van der Waals surface area contributed by atoms with Gasteiger partial charge in [0.15, 0.2) is 5.96 Å². The molecule has 1 aromatic rings. The van der Waals surface area contributed by atoms with Crippen LogP contribution in [0.1, 0.15) is 24.4 Å². The summed E-state index contributed by atoms with van der Waals surface area (Å²) in [6.45, 7) is 0.645. The van der Waals surface area contributed by atoms with E-state index >= 15 is 0 Å². The van der Waals surface area contributed by atoms with Gasteiger partial charge in [-0.05, 0) is 25.0 Å². The molecule has 0 radical (unpaired) electrons. The van der Waals surface area contributed by atoms with Gasteiger partial charge in [-0.25, -0.2) is 0 Å². The molecule has 0 aromatic heterocycles. The number of benzene rings is 1. The Hall–Kier alpha value is -0.930. The number of rotatable bonds is 2. The van der Waals surface area contributed by atoms with E-state index in [1.54, 1.807) is 0 Å². The monoisotopic (exact) mass is 269 g/mol. The molecule has 1 fully saturated rings. The average Bonchev–Trinajstić information content (AvgIpc) is 3.04. The lowest BCUT2D eigenvalue weighted by Gasteiger charge is -2.27. The van der Waals surface area contributed by atoms with Crippen LogP contribution in [0.2, 0.25) is 10.0 Å². The van der Waals surface area contributed by atoms with Gasteiger partial charge in [0, 0.05) is 21.7 Å². The van der Waals surface area contributed by atoms with Gasteiger partial charge in [0.2, 0.25) is 0 Å². The van der Waals surface area contributed by atoms with Gasteiger partial charge in [0.25, 0.3) is 0 Å². The normalized spacial score (nSPS) is 24.0. The minimum Gasteiger partial charge on any atom is -0.370 e. The molecule has 1 aliphatic heterocycles. The average molecular weight is 270 g/mol. The van der Waals surface area contributed by atoms with Crippen LogP contribution in [0.15, 0.2) is 23.2 Å². The van der Waals surface area contributed by atoms with Gasteiger partial charge >= 0.3 is 0 Å². The fraction of sp³-hybridized carbons (Fsp3) is 0.417. The molecule has 2 N–H and O–H groups in total. The predicted molar refractivity (Wildman–Crippen MR) is 70.6 cm³/mol. The van der Waals surface area contributed by atoms with E-state index in [9.17, 15) is 0 Å². The van der Waals surface area contributed by atoms with Gasteiger partial charge in [0.05, 0.1) is 12.6 Å². The van der Waals surface area contributed by atoms with Crippen molar-refractivity contribution in [2.75, 3.05) is 6.54 Å². The van der Waals surface area contributed by atoms with Crippen molar-refractivity contribution in [1.82, 2.24) is 4.90 Å². The SMILES string of the molecule is NC1=NCC(c2c(Cl)cccc2Cl)N1C1CC1. The summed E-state index contributed by atoms with van der Waals surface area (Å²) in [5.41, 5.74) is 6.89. The second-order valence-electron chi connectivity index (χ2n) is 4.49. The Morgan fingerprint density at radius 3 is 2.47 bits per heavy atom. The van der Waals surface area contributed by atoms with Crippen molar-refractivity contribution in [3.63, 3.8) is 0 Å². The number of hydrogen-bond donors (Lipinski definition) is 1. The topological polar surface area (TPSA) is 41.6 Å². The number of nitrogens with zero attached hydrogens (tertiary/aromatic N) is 2. The van der Waals surface area contributed by atoms with Crippen LogP contribution in [-0.4, -0.2) is 23.4 Å². The zero-order valence-corrected chi connectivity index (χ0v) is 10.7. The molecular formula is C12H13Cl2N3. The largest absolute Gasteiger partial charge is 0.370 e. The highest BCUT2D eigenvalue weighted by Crippen LogP contribution is 2.41. The molecule has 0 amide bonds. The van der Waals surface area contributed by atoms with Crippen molar-refractivity contribution >= 4 is 29.2 Å². The van der Waals surface area contributed by atoms with Gasteiger partial charge < -0.3 is 10.6 Å². The minimum atomic E-state index is 0.101. The zero-order chi connectivity index (χ0) is 12.0. The van der Waals surface area contributed by atoms with E-state index < -0.39 is 0 Å². The molecule has 3 rings (SSSR count). The number of guanidine groups is 1. The third-order valence-electron chi connectivity index (χ3n) is 3.30. The summed E-state index contributed by atoms with van der Waals surface area (Å²) in [6, 6.07) is 6.20. The fourth-order valence-corrected chi connectivity index (χ4v) is 3.01. The molecule has 1 heterocycles. The minimum absolute atomic E-state index is 0.101. The van der Waals surface area contributed by atoms with Crippen LogP contribution < -0.4 is 5.73 Å². The molecule has 1 aliphatic carbocycles. The Morgan fingerprint density at radius 1 is 1.24 bits per heavy atom. The molecule has 0 spiro atoms. The highest BCUT2D eigenvalue weighted by Gasteiger charge is 2.40. The highest BCUT2D eigenvalue weighted by molar-refractivity contribution is 6.36. The smallest absolute Gasteiger partial charge is 0.192 e. The summed E-state index contributed by atoms with van der Waals surface area (Å²) in [7, 11) is 0. The van der Waals surface area contributed by atoms with Gasteiger partial charge in [-0.15, -0.1) is 0 Å². The first-order chi connectivity index (χ1) is 8.18. The van der Waals surface area contributed by atoms with E-state index in [0.29, 0.717) is 28.6 Å². The van der Waals surface area contributed by atoms with E-state index in [1.165, 1.54) is 12.8 Å². The van der Waals surface area contributed by atoms with E-state index in [2.05, 4.69) is 9.89 Å². The summed E-state index contributed by atoms with van der Waals surface area (Å²) in [6.07, 6.45) is 2.35. The maximum absolute atomic E-state index is 6.24. The number of halogens is 2. The van der Waals surface area contributed by atoms with Crippen molar-refractivity contribution in [2.24, 2.45) is 10.7 Å². The van der Waals surface area contributed by atoms with Gasteiger partial charge in [-0.2, -0.15) is 0 Å². The molecular weight excluding hydrogens is 257 g/mol. The Labute approximate surface area is 110 Å². The van der Waals surface area contributed by atoms with E-state index in [1.807, 2.05) is 18.2 Å². The fourth-order valence-electron chi connectivity index (χ4n) is 2.36. The highest BCUT2D eigenvalue weighted by atomic mass is 35.5. The molecule has 90 valence electrons. The number of aliphatic imine (C=N–C) groups is 1. The molecule has 0 saturated heterocycles. The van der Waals surface area contributed by atoms with E-state index in [-0.39, 0.29) is 6.04 Å². The molecule has 5 heteroatoms. The quantitative estimate of drug-likeness (QED) is 0.897. The first-order valence-corrected chi connectivity index (χ1v) is 6.46. The second-order valence-corrected chi connectivity index (χ2v) is 5.30. The number of nitrogens with two attached hydrogens (primary N) is 1. The molecule has 1 unspecified atom stereocenters. The van der Waals surface area contributed by atoms with Crippen molar-refractivity contribution < 1.29 is 0 Å². The number of hydrogen-bond acceptors (Lipinski definition) is 3. The summed E-state index contributed by atoms with van der Waals surface area (Å²) in [4.78, 5) is 6.48. The summed E-state index contributed by atoms with van der Waals surface area (Å²) in [5.74, 6) is 0.619. The van der Waals surface area contributed by atoms with Crippen LogP contribution in [0.3, 0.4) is 0 Å². The van der Waals surface area contributed by atoms with Crippen molar-refractivity contribution in [2.45, 2.75) is 24.9 Å². The van der Waals surface area contributed by atoms with Crippen molar-refractivity contribution in [3.05, 3.63) is 33.8 Å². The third-order valence-corrected chi connectivity index (χ3v) is 3.96. The van der Waals surface area contributed by atoms with Gasteiger partial charge in [-0.3, -0.25) is 4.99 Å². The van der Waals surface area contributed by atoms with Crippen LogP contribution in [0, 0.1) is 0 Å². The van der Waals surface area contributed by atoms with Crippen LogP contribution >= 0.6 is 23.2 Å². The second kappa shape index (κ2) is 4.07. The zero-order valence-electron chi connectivity index (χ0n) is 9.24. The standard InChI is InChI=1S/C12H13Cl2N3/c13-8-2-1-3-9(14)11(8)10-6-16-12(15)17(10)7-4-5-7/h1-3,7,10H,4-6H2,(H2,15,16). The lowest BCUT2D eigenvalue weighted by Crippen LogP contribution is -2.38. The molecule has 3 nitrogen and oxygen atoms in total. The van der Waals surface area contributed by atoms with Crippen molar-refractivity contribution in [3.8, 4) is 0 Å². The molecule has 1 atom stereocenters. The molecule has 1 saturated carbocycles. The molecule has 2 aliphatic rings. The Kier molecular flexibility index (Phi) is 2.68. The summed E-state index contributed by atoms with van der Waals surface area (Å²) >= 11 is 12.5. The first-order valence-electron chi connectivity index (χ1n) is 5.70. The van der Waals surface area contributed by atoms with E-state index in [0.717, 1.165) is 5.56 Å². The van der Waals surface area contributed by atoms with Crippen LogP contribution in [0.5, 0.6) is 0 Å². The van der Waals surface area contributed by atoms with Crippen LogP contribution in [0.4, 0.5) is 0 Å². The summed E-state index contributed by atoms with van der Waals surface area (Å²) < 4.78 is 0. The molecule has 17 heavy (non-hydrogen) atoms. The first kappa shape index (κ1) is 11.2. The van der Waals surface area contributed by atoms with Crippen molar-refractivity contribution in [1.29, 1.82) is 0 Å². The molecule has 0 bridgehead atoms. The Morgan fingerprint density at radius 2 is 1.88 bits per heavy atom. The maximum Gasteiger partial charge on any atom is 0.192 e. The Bertz CT molecular complexity index is 462. The summed E-state index contributed by atoms with van der Waals surface area (Å²) in [5, 5.41) is 1.39. The predicted octanol–water partition coefficient (Wildman–Crippen LogP) is 2.83. The maximum atomic E-state index is 6.24. The van der Waals surface area contributed by atoms with Crippen LogP contribution in [0.25, 0.3) is 0 Å². The lowest BCUT2D eigenvalue weighted by atomic mass is 10.1. The van der Waals surface area contributed by atoms with Gasteiger partial charge in [-0.1, -0.05) is 29.3 Å². The van der Waals surface area contributed by atoms with E-state index in [4.69, 9.17) is 28.9 Å². The molecule has 1 aromatic carbocycles. The lowest BCUT2D eigenvalue weighted by molar-refractivity contribution is 0.338.